The summed E-state index contributed by atoms with van der Waals surface area (Å²) in [5.41, 5.74) is 0. The van der Waals surface area contributed by atoms with Gasteiger partial charge in [-0.05, 0) is 38.5 Å². The van der Waals surface area contributed by atoms with Gasteiger partial charge in [-0.25, -0.2) is 9.78 Å². The Bertz CT molecular complexity index is 449. The number of aliphatic hydroxyl groups is 1. The molecule has 112 valence electrons. The third-order valence-corrected chi connectivity index (χ3v) is 5.03. The monoisotopic (exact) mass is 297 g/mol. The molecule has 1 aliphatic rings. The first-order chi connectivity index (χ1) is 9.58. The number of rotatable bonds is 5. The van der Waals surface area contributed by atoms with Crippen LogP contribution >= 0.6 is 11.3 Å². The molecule has 1 aromatic heterocycles. The quantitative estimate of drug-likeness (QED) is 0.780. The van der Waals surface area contributed by atoms with Crippen LogP contribution in [0.15, 0.2) is 6.20 Å². The lowest BCUT2D eigenvalue weighted by atomic mass is 10.1. The van der Waals surface area contributed by atoms with Crippen molar-refractivity contribution in [2.24, 2.45) is 5.92 Å². The van der Waals surface area contributed by atoms with E-state index in [2.05, 4.69) is 22.5 Å². The fourth-order valence-electron chi connectivity index (χ4n) is 2.47. The van der Waals surface area contributed by atoms with Crippen molar-refractivity contribution in [1.82, 2.24) is 15.6 Å². The number of urea groups is 1. The highest BCUT2D eigenvalue weighted by Crippen LogP contribution is 2.24. The molecule has 2 amide bonds. The van der Waals surface area contributed by atoms with Crippen molar-refractivity contribution in [3.63, 3.8) is 0 Å². The zero-order valence-corrected chi connectivity index (χ0v) is 12.9. The molecule has 1 aromatic rings. The van der Waals surface area contributed by atoms with E-state index in [1.807, 2.05) is 13.1 Å². The van der Waals surface area contributed by atoms with E-state index >= 15 is 0 Å². The normalized spacial score (nSPS) is 23.6. The maximum Gasteiger partial charge on any atom is 0.315 e. The number of hydrogen-bond acceptors (Lipinski definition) is 4. The van der Waals surface area contributed by atoms with Crippen LogP contribution in [-0.4, -0.2) is 28.8 Å². The zero-order chi connectivity index (χ0) is 14.5. The van der Waals surface area contributed by atoms with Crippen molar-refractivity contribution in [3.05, 3.63) is 16.1 Å². The average molecular weight is 297 g/mol. The molecule has 6 heteroatoms. The number of carbonyl (C=O) groups excluding carboxylic acids is 1. The van der Waals surface area contributed by atoms with Crippen molar-refractivity contribution in [2.45, 2.75) is 51.7 Å². The third-order valence-electron chi connectivity index (χ3n) is 3.70. The molecule has 0 bridgehead atoms. The summed E-state index contributed by atoms with van der Waals surface area (Å²) in [7, 11) is 0. The van der Waals surface area contributed by atoms with E-state index in [4.69, 9.17) is 0 Å². The highest BCUT2D eigenvalue weighted by atomic mass is 32.1. The van der Waals surface area contributed by atoms with Crippen LogP contribution in [0.5, 0.6) is 0 Å². The molecule has 0 radical (unpaired) electrons. The molecule has 0 aromatic carbocycles. The minimum absolute atomic E-state index is 0.0746. The number of thiazole rings is 1. The Kier molecular flexibility index (Phi) is 5.37. The molecule has 1 aliphatic carbocycles. The molecule has 0 aliphatic heterocycles. The van der Waals surface area contributed by atoms with E-state index < -0.39 is 0 Å². The smallest absolute Gasteiger partial charge is 0.315 e. The summed E-state index contributed by atoms with van der Waals surface area (Å²) in [5.74, 6) is 0.401. The maximum absolute atomic E-state index is 11.8. The van der Waals surface area contributed by atoms with Gasteiger partial charge in [0.15, 0.2) is 0 Å². The number of carbonyl (C=O) groups is 1. The summed E-state index contributed by atoms with van der Waals surface area (Å²) in [4.78, 5) is 17.4. The molecule has 0 spiro atoms. The van der Waals surface area contributed by atoms with Gasteiger partial charge in [0.25, 0.3) is 0 Å². The van der Waals surface area contributed by atoms with Crippen molar-refractivity contribution in [1.29, 1.82) is 0 Å². The molecule has 0 unspecified atom stereocenters. The van der Waals surface area contributed by atoms with Gasteiger partial charge in [0.1, 0.15) is 5.01 Å². The van der Waals surface area contributed by atoms with E-state index in [9.17, 15) is 9.90 Å². The van der Waals surface area contributed by atoms with Gasteiger partial charge in [0.2, 0.25) is 0 Å². The number of aryl methyl sites for hydroxylation is 1. The van der Waals surface area contributed by atoms with Crippen LogP contribution in [-0.2, 0) is 6.42 Å². The predicted octanol–water partition coefficient (Wildman–Crippen LogP) is 2.23. The minimum atomic E-state index is -0.188. The van der Waals surface area contributed by atoms with Gasteiger partial charge < -0.3 is 15.7 Å². The molecule has 20 heavy (non-hydrogen) atoms. The first-order valence-electron chi connectivity index (χ1n) is 7.25. The van der Waals surface area contributed by atoms with Crippen LogP contribution in [0, 0.1) is 5.92 Å². The Hall–Kier alpha value is -1.14. The Labute approximate surface area is 123 Å². The first-order valence-corrected chi connectivity index (χ1v) is 8.07. The number of nitrogens with zero attached hydrogens (tertiary/aromatic N) is 1. The molecule has 1 fully saturated rings. The Morgan fingerprint density at radius 1 is 1.60 bits per heavy atom. The number of aliphatic hydroxyl groups excluding tert-OH is 1. The Morgan fingerprint density at radius 2 is 2.40 bits per heavy atom. The number of nitrogens with one attached hydrogen (secondary N) is 2. The van der Waals surface area contributed by atoms with Gasteiger partial charge in [-0.3, -0.25) is 0 Å². The summed E-state index contributed by atoms with van der Waals surface area (Å²) in [6.07, 6.45) is 5.29. The summed E-state index contributed by atoms with van der Waals surface area (Å²) in [6, 6.07) is -0.235. The van der Waals surface area contributed by atoms with E-state index in [-0.39, 0.29) is 18.2 Å². The van der Waals surface area contributed by atoms with Gasteiger partial charge in [-0.15, -0.1) is 11.3 Å². The molecule has 0 saturated heterocycles. The lowest BCUT2D eigenvalue weighted by molar-refractivity contribution is 0.177. The molecule has 5 nitrogen and oxygen atoms in total. The van der Waals surface area contributed by atoms with Crippen molar-refractivity contribution < 1.29 is 9.90 Å². The van der Waals surface area contributed by atoms with Gasteiger partial charge in [0.05, 0.1) is 12.1 Å². The lowest BCUT2D eigenvalue weighted by Crippen LogP contribution is -2.39. The van der Waals surface area contributed by atoms with E-state index in [0.717, 1.165) is 30.7 Å². The van der Waals surface area contributed by atoms with Gasteiger partial charge in [-0.1, -0.05) is 6.92 Å². The van der Waals surface area contributed by atoms with Gasteiger partial charge >= 0.3 is 6.03 Å². The van der Waals surface area contributed by atoms with Crippen LogP contribution < -0.4 is 10.6 Å². The van der Waals surface area contributed by atoms with Crippen molar-refractivity contribution >= 4 is 17.4 Å². The average Bonchev–Trinajstić information content (AvgIpc) is 3.05. The van der Waals surface area contributed by atoms with E-state index in [1.165, 1.54) is 4.88 Å². The summed E-state index contributed by atoms with van der Waals surface area (Å²) >= 11 is 1.64. The second-order valence-corrected chi connectivity index (χ2v) is 6.57. The van der Waals surface area contributed by atoms with E-state index in [0.29, 0.717) is 12.5 Å². The molecular weight excluding hydrogens is 274 g/mol. The molecular formula is C14H23N3O2S. The lowest BCUT2D eigenvalue weighted by Gasteiger charge is -2.14. The first kappa shape index (κ1) is 15.3. The Morgan fingerprint density at radius 3 is 3.00 bits per heavy atom. The van der Waals surface area contributed by atoms with Crippen LogP contribution in [0.1, 0.15) is 49.0 Å². The summed E-state index contributed by atoms with van der Waals surface area (Å²) in [6.45, 7) is 4.67. The number of aromatic nitrogens is 1. The van der Waals surface area contributed by atoms with Crippen molar-refractivity contribution in [3.8, 4) is 0 Å². The molecule has 1 saturated carbocycles. The molecule has 3 atom stereocenters. The van der Waals surface area contributed by atoms with Gasteiger partial charge in [0, 0.05) is 17.6 Å². The van der Waals surface area contributed by atoms with Crippen LogP contribution in [0.2, 0.25) is 0 Å². The zero-order valence-electron chi connectivity index (χ0n) is 12.1. The summed E-state index contributed by atoms with van der Waals surface area (Å²) in [5, 5.41) is 16.2. The molecule has 1 heterocycles. The standard InChI is InChI=1S/C14H23N3O2S/c1-3-12-8-15-13(20-12)9(2)17-14(19)16-7-10-4-5-11(18)6-10/h8-11,18H,3-7H2,1-2H3,(H2,16,17,19)/t9-,10-,11-/m0/s1. The molecule has 2 rings (SSSR count). The highest BCUT2D eigenvalue weighted by Gasteiger charge is 2.23. The highest BCUT2D eigenvalue weighted by molar-refractivity contribution is 7.11. The predicted molar refractivity (Wildman–Crippen MR) is 79.8 cm³/mol. The van der Waals surface area contributed by atoms with Crippen LogP contribution in [0.3, 0.4) is 0 Å². The largest absolute Gasteiger partial charge is 0.393 e. The third kappa shape index (κ3) is 4.18. The maximum atomic E-state index is 11.8. The summed E-state index contributed by atoms with van der Waals surface area (Å²) < 4.78 is 0. The molecule has 3 N–H and O–H groups in total. The second kappa shape index (κ2) is 7.04. The second-order valence-electron chi connectivity index (χ2n) is 5.43. The Balaban J connectivity index is 1.73. The van der Waals surface area contributed by atoms with E-state index in [1.54, 1.807) is 11.3 Å². The topological polar surface area (TPSA) is 74.2 Å². The number of hydrogen-bond donors (Lipinski definition) is 3. The fourth-order valence-corrected chi connectivity index (χ4v) is 3.33. The van der Waals surface area contributed by atoms with Crippen LogP contribution in [0.4, 0.5) is 4.79 Å². The van der Waals surface area contributed by atoms with Gasteiger partial charge in [-0.2, -0.15) is 0 Å². The van der Waals surface area contributed by atoms with Crippen molar-refractivity contribution in [2.75, 3.05) is 6.54 Å². The fraction of sp³-hybridized carbons (Fsp3) is 0.714. The SMILES string of the molecule is CCc1cnc([C@H](C)NC(=O)NC[C@H]2CC[C@H](O)C2)s1. The minimum Gasteiger partial charge on any atom is -0.393 e. The number of amides is 2. The van der Waals surface area contributed by atoms with Crippen LogP contribution in [0.25, 0.3) is 0 Å².